The summed E-state index contributed by atoms with van der Waals surface area (Å²) < 4.78 is 0. The fraction of sp³-hybridized carbons (Fsp3) is 0.733. The molecule has 1 aliphatic rings. The van der Waals surface area contributed by atoms with Crippen LogP contribution in [-0.2, 0) is 19.2 Å². The van der Waals surface area contributed by atoms with E-state index in [2.05, 4.69) is 10.6 Å². The van der Waals surface area contributed by atoms with Gasteiger partial charge in [0.25, 0.3) is 0 Å². The van der Waals surface area contributed by atoms with Crippen LogP contribution in [0.1, 0.15) is 33.1 Å². The van der Waals surface area contributed by atoms with Crippen LogP contribution in [0.4, 0.5) is 0 Å². The predicted octanol–water partition coefficient (Wildman–Crippen LogP) is -1.33. The fourth-order valence-corrected chi connectivity index (χ4v) is 2.51. The van der Waals surface area contributed by atoms with Gasteiger partial charge in [-0.15, -0.1) is 0 Å². The number of amides is 3. The van der Waals surface area contributed by atoms with Crippen LogP contribution in [0.15, 0.2) is 0 Å². The molecule has 3 amide bonds. The standard InChI is InChI=1S/C15H26N4O5/c1-3-9(2)13(16)15(24)19-6-4-5-10(19)14(23)18-7-11(20)17-8-12(21)22/h9-10,13H,3-8,16H2,1-2H3,(H,17,20)(H,18,23)(H,21,22)/t9-,10-,13-/m0/s1. The predicted molar refractivity (Wildman–Crippen MR) is 85.8 cm³/mol. The van der Waals surface area contributed by atoms with Gasteiger partial charge in [-0.2, -0.15) is 0 Å². The molecule has 0 radical (unpaired) electrons. The SMILES string of the molecule is CC[C@H](C)[C@H](N)C(=O)N1CCC[C@H]1C(=O)NCC(=O)NCC(=O)O. The molecule has 0 aliphatic carbocycles. The van der Waals surface area contributed by atoms with Crippen molar-refractivity contribution in [3.05, 3.63) is 0 Å². The highest BCUT2D eigenvalue weighted by molar-refractivity contribution is 5.92. The van der Waals surface area contributed by atoms with Crippen molar-refractivity contribution >= 4 is 23.7 Å². The molecule has 0 spiro atoms. The summed E-state index contributed by atoms with van der Waals surface area (Å²) in [5.41, 5.74) is 5.96. The molecule has 1 aliphatic heterocycles. The Kier molecular flexibility index (Phi) is 7.63. The van der Waals surface area contributed by atoms with E-state index in [1.807, 2.05) is 13.8 Å². The highest BCUT2D eigenvalue weighted by Gasteiger charge is 2.37. The van der Waals surface area contributed by atoms with Gasteiger partial charge in [-0.3, -0.25) is 19.2 Å². The maximum absolute atomic E-state index is 12.5. The van der Waals surface area contributed by atoms with Crippen molar-refractivity contribution in [2.75, 3.05) is 19.6 Å². The van der Waals surface area contributed by atoms with Gasteiger partial charge in [-0.25, -0.2) is 0 Å². The minimum Gasteiger partial charge on any atom is -0.480 e. The molecule has 0 saturated carbocycles. The zero-order chi connectivity index (χ0) is 18.3. The van der Waals surface area contributed by atoms with Crippen LogP contribution in [0.3, 0.4) is 0 Å². The van der Waals surface area contributed by atoms with Crippen LogP contribution < -0.4 is 16.4 Å². The van der Waals surface area contributed by atoms with Crippen LogP contribution in [0.2, 0.25) is 0 Å². The largest absolute Gasteiger partial charge is 0.480 e. The number of rotatable bonds is 8. The first-order valence-corrected chi connectivity index (χ1v) is 8.10. The molecule has 0 aromatic rings. The van der Waals surface area contributed by atoms with Crippen molar-refractivity contribution in [2.45, 2.75) is 45.2 Å². The van der Waals surface area contributed by atoms with Crippen LogP contribution in [0, 0.1) is 5.92 Å². The van der Waals surface area contributed by atoms with Crippen LogP contribution >= 0.6 is 0 Å². The highest BCUT2D eigenvalue weighted by Crippen LogP contribution is 2.20. The van der Waals surface area contributed by atoms with Crippen molar-refractivity contribution in [3.63, 3.8) is 0 Å². The van der Waals surface area contributed by atoms with E-state index in [1.54, 1.807) is 0 Å². The number of carbonyl (C=O) groups is 4. The van der Waals surface area contributed by atoms with E-state index in [0.717, 1.165) is 6.42 Å². The smallest absolute Gasteiger partial charge is 0.322 e. The fourth-order valence-electron chi connectivity index (χ4n) is 2.51. The molecule has 3 atom stereocenters. The molecule has 0 aromatic heterocycles. The van der Waals surface area contributed by atoms with Crippen molar-refractivity contribution in [2.24, 2.45) is 11.7 Å². The monoisotopic (exact) mass is 342 g/mol. The van der Waals surface area contributed by atoms with E-state index in [0.29, 0.717) is 19.4 Å². The molecule has 136 valence electrons. The third-order valence-corrected chi connectivity index (χ3v) is 4.24. The van der Waals surface area contributed by atoms with Crippen molar-refractivity contribution in [1.82, 2.24) is 15.5 Å². The molecule has 1 rings (SSSR count). The molecular weight excluding hydrogens is 316 g/mol. The van der Waals surface area contributed by atoms with Gasteiger partial charge in [0.05, 0.1) is 12.6 Å². The molecule has 1 fully saturated rings. The van der Waals surface area contributed by atoms with E-state index < -0.39 is 36.4 Å². The van der Waals surface area contributed by atoms with Gasteiger partial charge in [-0.05, 0) is 18.8 Å². The van der Waals surface area contributed by atoms with Crippen molar-refractivity contribution in [3.8, 4) is 0 Å². The first-order valence-electron chi connectivity index (χ1n) is 8.10. The number of carboxylic acids is 1. The molecule has 0 unspecified atom stereocenters. The lowest BCUT2D eigenvalue weighted by Gasteiger charge is -2.28. The van der Waals surface area contributed by atoms with Gasteiger partial charge in [0.15, 0.2) is 0 Å². The van der Waals surface area contributed by atoms with E-state index in [1.165, 1.54) is 4.90 Å². The van der Waals surface area contributed by atoms with Gasteiger partial charge >= 0.3 is 5.97 Å². The average molecular weight is 342 g/mol. The number of likely N-dealkylation sites (tertiary alicyclic amines) is 1. The highest BCUT2D eigenvalue weighted by atomic mass is 16.4. The van der Waals surface area contributed by atoms with Gasteiger partial charge in [0, 0.05) is 6.54 Å². The maximum atomic E-state index is 12.5. The summed E-state index contributed by atoms with van der Waals surface area (Å²) in [5, 5.41) is 13.1. The lowest BCUT2D eigenvalue weighted by molar-refractivity contribution is -0.140. The van der Waals surface area contributed by atoms with E-state index in [4.69, 9.17) is 10.8 Å². The maximum Gasteiger partial charge on any atom is 0.322 e. The lowest BCUT2D eigenvalue weighted by Crippen LogP contribution is -2.53. The van der Waals surface area contributed by atoms with Gasteiger partial charge in [0.1, 0.15) is 12.6 Å². The number of carbonyl (C=O) groups excluding carboxylic acids is 3. The molecule has 24 heavy (non-hydrogen) atoms. The minimum atomic E-state index is -1.17. The number of nitrogens with one attached hydrogen (secondary N) is 2. The average Bonchev–Trinajstić information content (AvgIpc) is 3.05. The van der Waals surface area contributed by atoms with Crippen LogP contribution in [0.5, 0.6) is 0 Å². The Labute approximate surface area is 140 Å². The van der Waals surface area contributed by atoms with E-state index in [9.17, 15) is 19.2 Å². The van der Waals surface area contributed by atoms with Crippen LogP contribution in [-0.4, -0.2) is 65.4 Å². The Bertz CT molecular complexity index is 496. The van der Waals surface area contributed by atoms with Gasteiger partial charge in [-0.1, -0.05) is 20.3 Å². The molecule has 9 heteroatoms. The van der Waals surface area contributed by atoms with Crippen molar-refractivity contribution < 1.29 is 24.3 Å². The Morgan fingerprint density at radius 1 is 1.25 bits per heavy atom. The molecular formula is C15H26N4O5. The Balaban J connectivity index is 2.55. The summed E-state index contributed by atoms with van der Waals surface area (Å²) in [4.78, 5) is 47.9. The zero-order valence-corrected chi connectivity index (χ0v) is 14.1. The Morgan fingerprint density at radius 3 is 2.50 bits per heavy atom. The van der Waals surface area contributed by atoms with Gasteiger partial charge < -0.3 is 26.4 Å². The summed E-state index contributed by atoms with van der Waals surface area (Å²) >= 11 is 0. The quantitative estimate of drug-likeness (QED) is 0.430. The number of carboxylic acid groups (broad SMARTS) is 1. The minimum absolute atomic E-state index is 0.0172. The number of hydrogen-bond donors (Lipinski definition) is 4. The number of hydrogen-bond acceptors (Lipinski definition) is 5. The summed E-state index contributed by atoms with van der Waals surface area (Å²) in [6, 6.07) is -1.29. The number of aliphatic carboxylic acids is 1. The molecule has 1 saturated heterocycles. The molecule has 9 nitrogen and oxygen atoms in total. The number of nitrogens with two attached hydrogens (primary N) is 1. The van der Waals surface area contributed by atoms with E-state index >= 15 is 0 Å². The lowest BCUT2D eigenvalue weighted by atomic mass is 9.98. The Hall–Kier alpha value is -2.16. The normalized spacial score (nSPS) is 19.5. The molecule has 0 bridgehead atoms. The molecule has 1 heterocycles. The summed E-state index contributed by atoms with van der Waals surface area (Å²) in [6.45, 7) is 3.46. The summed E-state index contributed by atoms with van der Waals surface area (Å²) in [5.74, 6) is -2.43. The van der Waals surface area contributed by atoms with Gasteiger partial charge in [0.2, 0.25) is 17.7 Å². The summed E-state index contributed by atoms with van der Waals surface area (Å²) in [6.07, 6.45) is 1.98. The van der Waals surface area contributed by atoms with Crippen molar-refractivity contribution in [1.29, 1.82) is 0 Å². The summed E-state index contributed by atoms with van der Waals surface area (Å²) in [7, 11) is 0. The second-order valence-corrected chi connectivity index (χ2v) is 5.99. The molecule has 0 aromatic carbocycles. The first kappa shape index (κ1) is 19.9. The third-order valence-electron chi connectivity index (χ3n) is 4.24. The second kappa shape index (κ2) is 9.21. The van der Waals surface area contributed by atoms with Crippen LogP contribution in [0.25, 0.3) is 0 Å². The molecule has 5 N–H and O–H groups in total. The second-order valence-electron chi connectivity index (χ2n) is 5.99. The first-order chi connectivity index (χ1) is 11.3. The third kappa shape index (κ3) is 5.48. The topological polar surface area (TPSA) is 142 Å². The number of nitrogens with zero attached hydrogens (tertiary/aromatic N) is 1. The Morgan fingerprint density at radius 2 is 1.92 bits per heavy atom. The van der Waals surface area contributed by atoms with E-state index in [-0.39, 0.29) is 18.4 Å². The zero-order valence-electron chi connectivity index (χ0n) is 14.1.